The molecule has 4 aromatic rings. The van der Waals surface area contributed by atoms with E-state index >= 15 is 0 Å². The van der Waals surface area contributed by atoms with Gasteiger partial charge in [0, 0.05) is 38.8 Å². The number of benzene rings is 3. The predicted octanol–water partition coefficient (Wildman–Crippen LogP) is 11.0. The fourth-order valence-electron chi connectivity index (χ4n) is 6.26. The Bertz CT molecular complexity index is 1790. The maximum absolute atomic E-state index is 2.48. The van der Waals surface area contributed by atoms with Crippen LogP contribution in [-0.4, -0.2) is 19.1 Å². The molecule has 0 bridgehead atoms. The molecule has 42 heavy (non-hydrogen) atoms. The molecule has 6 heteroatoms. The number of thiazole rings is 1. The van der Waals surface area contributed by atoms with Crippen LogP contribution < -0.4 is 9.47 Å². The molecule has 2 aliphatic rings. The smallest absolute Gasteiger partial charge is 0.263 e. The highest BCUT2D eigenvalue weighted by Crippen LogP contribution is 2.49. The molecule has 0 fully saturated rings. The molecule has 2 nitrogen and oxygen atoms in total. The molecule has 0 saturated heterocycles. The molecular formula is C36H39N2S4+. The van der Waals surface area contributed by atoms with E-state index in [0.717, 1.165) is 25.9 Å². The van der Waals surface area contributed by atoms with E-state index in [4.69, 9.17) is 0 Å². The molecule has 0 radical (unpaired) electrons. The Morgan fingerprint density at radius 1 is 1.00 bits per heavy atom. The lowest BCUT2D eigenvalue weighted by molar-refractivity contribution is -0.665. The number of hydrogen-bond donors (Lipinski definition) is 0. The summed E-state index contributed by atoms with van der Waals surface area (Å²) in [7, 11) is 0. The maximum Gasteiger partial charge on any atom is 0.263 e. The Labute approximate surface area is 267 Å². The molecule has 1 aliphatic carbocycles. The Hall–Kier alpha value is -2.38. The Morgan fingerprint density at radius 3 is 2.55 bits per heavy atom. The van der Waals surface area contributed by atoms with E-state index < -0.39 is 0 Å². The largest absolute Gasteiger partial charge is 0.335 e. The van der Waals surface area contributed by atoms with Gasteiger partial charge < -0.3 is 4.90 Å². The number of aryl methyl sites for hydroxylation is 1. The van der Waals surface area contributed by atoms with Crippen molar-refractivity contribution in [3.05, 3.63) is 94.0 Å². The van der Waals surface area contributed by atoms with E-state index in [2.05, 4.69) is 129 Å². The molecule has 0 saturated carbocycles. The fourth-order valence-corrected chi connectivity index (χ4v) is 10.3. The average molecular weight is 628 g/mol. The van der Waals surface area contributed by atoms with E-state index in [1.165, 1.54) is 62.5 Å². The van der Waals surface area contributed by atoms with Gasteiger partial charge in [0.1, 0.15) is 11.2 Å². The molecule has 0 unspecified atom stereocenters. The highest BCUT2D eigenvalue weighted by Gasteiger charge is 2.28. The molecule has 216 valence electrons. The lowest BCUT2D eigenvalue weighted by Gasteiger charge is -2.30. The van der Waals surface area contributed by atoms with Crippen LogP contribution in [0.2, 0.25) is 0 Å². The van der Waals surface area contributed by atoms with Gasteiger partial charge in [-0.05, 0) is 85.4 Å². The lowest BCUT2D eigenvalue weighted by atomic mass is 9.75. The summed E-state index contributed by atoms with van der Waals surface area (Å²) in [4.78, 5) is 6.55. The molecule has 1 aromatic heterocycles. The van der Waals surface area contributed by atoms with Crippen molar-refractivity contribution in [2.45, 2.75) is 61.8 Å². The average Bonchev–Trinajstić information content (AvgIpc) is 3.51. The van der Waals surface area contributed by atoms with Crippen LogP contribution in [0.5, 0.6) is 0 Å². The van der Waals surface area contributed by atoms with Gasteiger partial charge in [0.25, 0.3) is 5.01 Å². The topological polar surface area (TPSA) is 7.12 Å². The number of aromatic nitrogens is 1. The minimum atomic E-state index is 0.226. The highest BCUT2D eigenvalue weighted by atomic mass is 32.2. The van der Waals surface area contributed by atoms with Crippen LogP contribution in [0.25, 0.3) is 27.1 Å². The first kappa shape index (κ1) is 29.7. The van der Waals surface area contributed by atoms with Crippen molar-refractivity contribution in [3.63, 3.8) is 0 Å². The van der Waals surface area contributed by atoms with Gasteiger partial charge in [-0.1, -0.05) is 79.4 Å². The number of thioether (sulfide) groups is 3. The Morgan fingerprint density at radius 2 is 1.79 bits per heavy atom. The lowest BCUT2D eigenvalue weighted by Crippen LogP contribution is -2.33. The normalized spacial score (nSPS) is 18.6. The number of hydrogen-bond acceptors (Lipinski definition) is 5. The van der Waals surface area contributed by atoms with Crippen molar-refractivity contribution in [2.24, 2.45) is 5.41 Å². The van der Waals surface area contributed by atoms with Crippen molar-refractivity contribution in [1.82, 2.24) is 0 Å². The second-order valence-corrected chi connectivity index (χ2v) is 15.5. The third-order valence-electron chi connectivity index (χ3n) is 8.09. The van der Waals surface area contributed by atoms with Gasteiger partial charge >= 0.3 is 0 Å². The third kappa shape index (κ3) is 5.76. The summed E-state index contributed by atoms with van der Waals surface area (Å²) in [6.07, 6.45) is 18.3. The first-order chi connectivity index (χ1) is 20.3. The van der Waals surface area contributed by atoms with E-state index in [9.17, 15) is 0 Å². The van der Waals surface area contributed by atoms with E-state index in [1.807, 2.05) is 46.6 Å². The van der Waals surface area contributed by atoms with Crippen molar-refractivity contribution in [1.29, 1.82) is 0 Å². The predicted molar refractivity (Wildman–Crippen MR) is 190 cm³/mol. The van der Waals surface area contributed by atoms with Crippen LogP contribution >= 0.6 is 46.6 Å². The number of allylic oxidation sites excluding steroid dienone is 6. The van der Waals surface area contributed by atoms with E-state index in [-0.39, 0.29) is 5.41 Å². The molecule has 3 aromatic carbocycles. The summed E-state index contributed by atoms with van der Waals surface area (Å²) in [5.74, 6) is 0. The first-order valence-electron chi connectivity index (χ1n) is 14.7. The summed E-state index contributed by atoms with van der Waals surface area (Å²) < 4.78 is 3.87. The van der Waals surface area contributed by atoms with Gasteiger partial charge in [0.2, 0.25) is 5.52 Å². The van der Waals surface area contributed by atoms with Crippen molar-refractivity contribution < 1.29 is 4.57 Å². The van der Waals surface area contributed by atoms with Gasteiger partial charge in [-0.15, -0.1) is 23.5 Å². The van der Waals surface area contributed by atoms with Crippen LogP contribution in [0.1, 0.15) is 45.5 Å². The number of anilines is 1. The molecule has 2 heterocycles. The molecule has 0 atom stereocenters. The van der Waals surface area contributed by atoms with Crippen LogP contribution in [0, 0.1) is 5.41 Å². The van der Waals surface area contributed by atoms with E-state index in [0.29, 0.717) is 0 Å². The fraction of sp³-hybridized carbons (Fsp3) is 0.306. The minimum Gasteiger partial charge on any atom is -0.335 e. The van der Waals surface area contributed by atoms with Gasteiger partial charge in [-0.25, -0.2) is 0 Å². The second-order valence-electron chi connectivity index (χ2n) is 11.7. The van der Waals surface area contributed by atoms with Gasteiger partial charge in [-0.2, -0.15) is 4.57 Å². The third-order valence-corrected chi connectivity index (χ3v) is 12.1. The minimum absolute atomic E-state index is 0.226. The number of fused-ring (bicyclic) bond motifs is 4. The second kappa shape index (κ2) is 12.3. The molecule has 1 aliphatic heterocycles. The summed E-state index contributed by atoms with van der Waals surface area (Å²) in [5.41, 5.74) is 5.73. The Kier molecular flexibility index (Phi) is 8.70. The van der Waals surface area contributed by atoms with Gasteiger partial charge in [0.05, 0.1) is 10.7 Å². The van der Waals surface area contributed by atoms with Crippen LogP contribution in [-0.2, 0) is 6.54 Å². The molecule has 6 rings (SSSR count). The SMILES string of the molecule is CCN1/C(=C/C=C/C2=CC(=C/c3sc4c5ccccc5ccc4[n+]3CC)/CC(C)(C)C2)Sc2cc(SC)c(SC)cc21. The molecular weight excluding hydrogens is 589 g/mol. The standard InChI is InChI=1S/C36H39N2S4/c1-7-37-28-17-16-26-13-9-10-14-27(26)35(28)42-34(37)19-25-18-24(22-36(3,4)23-25)12-11-15-33-38(8-2)29-20-31(39-5)32(40-6)21-30(29)41-33/h9-21H,7-8,22-23H2,1-6H3/q+1. The van der Waals surface area contributed by atoms with Crippen molar-refractivity contribution >= 4 is 79.4 Å². The summed E-state index contributed by atoms with van der Waals surface area (Å²) in [6.45, 7) is 11.3. The molecule has 0 spiro atoms. The maximum atomic E-state index is 2.48. The highest BCUT2D eigenvalue weighted by molar-refractivity contribution is 8.04. The molecule has 0 N–H and O–H groups in total. The summed E-state index contributed by atoms with van der Waals surface area (Å²) in [6, 6.07) is 18.1. The monoisotopic (exact) mass is 627 g/mol. The zero-order valence-electron chi connectivity index (χ0n) is 25.4. The Balaban J connectivity index is 1.31. The van der Waals surface area contributed by atoms with E-state index in [1.54, 1.807) is 0 Å². The zero-order valence-corrected chi connectivity index (χ0v) is 28.6. The quantitative estimate of drug-likeness (QED) is 0.149. The van der Waals surface area contributed by atoms with Crippen LogP contribution in [0.3, 0.4) is 0 Å². The van der Waals surface area contributed by atoms with Crippen LogP contribution in [0.15, 0.2) is 104 Å². The van der Waals surface area contributed by atoms with Gasteiger partial charge in [0.15, 0.2) is 0 Å². The zero-order chi connectivity index (χ0) is 29.4. The molecule has 0 amide bonds. The number of nitrogens with zero attached hydrogens (tertiary/aromatic N) is 2. The summed E-state index contributed by atoms with van der Waals surface area (Å²) >= 11 is 7.50. The van der Waals surface area contributed by atoms with Crippen molar-refractivity contribution in [3.8, 4) is 0 Å². The van der Waals surface area contributed by atoms with Gasteiger partial charge in [-0.3, -0.25) is 0 Å². The van der Waals surface area contributed by atoms with Crippen LogP contribution in [0.4, 0.5) is 5.69 Å². The number of rotatable bonds is 7. The van der Waals surface area contributed by atoms with Crippen molar-refractivity contribution in [2.75, 3.05) is 24.0 Å². The first-order valence-corrected chi connectivity index (χ1v) is 18.8. The summed E-state index contributed by atoms with van der Waals surface area (Å²) in [5, 5.41) is 5.31.